The normalized spacial score (nSPS) is 33.9. The molecule has 0 bridgehead atoms. The fourth-order valence-corrected chi connectivity index (χ4v) is 8.07. The van der Waals surface area contributed by atoms with Crippen LogP contribution in [0.3, 0.4) is 0 Å². The minimum absolute atomic E-state index is 0.111. The molecule has 4 aliphatic rings. The number of azide groups is 1. The Bertz CT molecular complexity index is 2080. The van der Waals surface area contributed by atoms with E-state index < -0.39 is 141 Å². The van der Waals surface area contributed by atoms with Gasteiger partial charge in [0.05, 0.1) is 18.3 Å². The van der Waals surface area contributed by atoms with Crippen molar-refractivity contribution in [2.45, 2.75) is 140 Å². The van der Waals surface area contributed by atoms with Crippen LogP contribution in [0.1, 0.15) is 63.8 Å². The lowest BCUT2D eigenvalue weighted by Crippen LogP contribution is -2.70. The zero-order valence-corrected chi connectivity index (χ0v) is 37.0. The standard InChI is InChI=1S/C43H52N4O19/c1-20-32(63-39(53)26-14-10-8-11-15-26)37(65-41-30(45-21(2)48)35(59-24(5)51)34-29(61-41)19-56-40(64-34)27-16-12-9-13-17-27)38(43(54-7)57-20)66-42-31(46-47-44)36(60-25(6)52)33(58-23(4)50)28(62-42)18-55-22(3)49/h8-17,20,28-38,40-43H,18-19H2,1-7H3,(H,45,48)/t20-,28+,29+,30+,31+,32-,33-,34+,35+,36+,37+,38+,40+,41-,42+,43+/m0/s1. The molecule has 4 saturated heterocycles. The van der Waals surface area contributed by atoms with E-state index in [2.05, 4.69) is 15.3 Å². The Labute approximate surface area is 378 Å². The van der Waals surface area contributed by atoms with Crippen molar-refractivity contribution >= 4 is 35.8 Å². The van der Waals surface area contributed by atoms with Crippen molar-refractivity contribution in [2.75, 3.05) is 20.3 Å². The van der Waals surface area contributed by atoms with E-state index in [1.165, 1.54) is 33.1 Å². The molecule has 1 amide bonds. The Morgan fingerprint density at radius 1 is 0.697 bits per heavy atom. The Hall–Kier alpha value is -5.75. The molecule has 358 valence electrons. The van der Waals surface area contributed by atoms with E-state index >= 15 is 0 Å². The van der Waals surface area contributed by atoms with Gasteiger partial charge in [0.1, 0.15) is 49.2 Å². The van der Waals surface area contributed by atoms with Crippen molar-refractivity contribution in [1.82, 2.24) is 5.32 Å². The number of nitrogens with one attached hydrogen (secondary N) is 1. The van der Waals surface area contributed by atoms with Crippen molar-refractivity contribution in [2.24, 2.45) is 5.11 Å². The molecule has 4 heterocycles. The molecular weight excluding hydrogens is 876 g/mol. The number of hydrogen-bond donors (Lipinski definition) is 1. The van der Waals surface area contributed by atoms with E-state index in [9.17, 15) is 34.3 Å². The Morgan fingerprint density at radius 2 is 1.32 bits per heavy atom. The average molecular weight is 929 g/mol. The first-order valence-electron chi connectivity index (χ1n) is 20.9. The summed E-state index contributed by atoms with van der Waals surface area (Å²) in [6, 6.07) is 14.0. The van der Waals surface area contributed by atoms with Crippen LogP contribution < -0.4 is 5.32 Å². The van der Waals surface area contributed by atoms with Gasteiger partial charge in [0.2, 0.25) is 5.91 Å². The van der Waals surface area contributed by atoms with E-state index in [0.29, 0.717) is 5.56 Å². The summed E-state index contributed by atoms with van der Waals surface area (Å²) in [6.07, 6.45) is -19.1. The van der Waals surface area contributed by atoms with Gasteiger partial charge in [-0.2, -0.15) is 0 Å². The highest BCUT2D eigenvalue weighted by atomic mass is 16.8. The number of nitrogens with zero attached hydrogens (tertiary/aromatic N) is 3. The van der Waals surface area contributed by atoms with E-state index in [4.69, 9.17) is 61.6 Å². The zero-order chi connectivity index (χ0) is 47.7. The summed E-state index contributed by atoms with van der Waals surface area (Å²) >= 11 is 0. The van der Waals surface area contributed by atoms with Crippen molar-refractivity contribution < 1.29 is 90.3 Å². The maximum absolute atomic E-state index is 13.8. The van der Waals surface area contributed by atoms with Crippen LogP contribution in [0.15, 0.2) is 65.8 Å². The lowest BCUT2D eigenvalue weighted by atomic mass is 9.94. The first-order valence-corrected chi connectivity index (χ1v) is 20.9. The van der Waals surface area contributed by atoms with Gasteiger partial charge in [0, 0.05) is 52.2 Å². The van der Waals surface area contributed by atoms with Crippen molar-refractivity contribution in [3.63, 3.8) is 0 Å². The highest BCUT2D eigenvalue weighted by Crippen LogP contribution is 2.40. The van der Waals surface area contributed by atoms with Crippen LogP contribution in [-0.2, 0) is 85.6 Å². The molecule has 2 aromatic rings. The molecule has 2 aromatic carbocycles. The van der Waals surface area contributed by atoms with Crippen LogP contribution in [0.4, 0.5) is 0 Å². The van der Waals surface area contributed by atoms with E-state index in [1.807, 2.05) is 6.07 Å². The number of amides is 1. The second kappa shape index (κ2) is 22.6. The molecule has 66 heavy (non-hydrogen) atoms. The molecule has 6 rings (SSSR count). The third-order valence-corrected chi connectivity index (χ3v) is 10.7. The number of fused-ring (bicyclic) bond motifs is 1. The molecular formula is C43H52N4O19. The maximum Gasteiger partial charge on any atom is 0.338 e. The molecule has 23 heteroatoms. The van der Waals surface area contributed by atoms with E-state index in [0.717, 1.165) is 20.8 Å². The first kappa shape index (κ1) is 49.7. The number of hydrogen-bond acceptors (Lipinski definition) is 20. The van der Waals surface area contributed by atoms with Crippen LogP contribution in [0.5, 0.6) is 0 Å². The van der Waals surface area contributed by atoms with Gasteiger partial charge in [-0.25, -0.2) is 4.79 Å². The smallest absolute Gasteiger partial charge is 0.338 e. The number of rotatable bonds is 15. The first-order chi connectivity index (χ1) is 31.6. The maximum atomic E-state index is 13.8. The molecule has 0 aromatic heterocycles. The van der Waals surface area contributed by atoms with E-state index in [-0.39, 0.29) is 12.2 Å². The Balaban J connectivity index is 1.43. The van der Waals surface area contributed by atoms with Crippen LogP contribution in [0, 0.1) is 0 Å². The molecule has 1 N–H and O–H groups in total. The number of benzene rings is 2. The van der Waals surface area contributed by atoms with Crippen LogP contribution in [0.25, 0.3) is 10.4 Å². The summed E-state index contributed by atoms with van der Waals surface area (Å²) < 4.78 is 78.9. The quantitative estimate of drug-likeness (QED) is 0.0882. The topological polar surface area (TPSA) is 283 Å². The number of ether oxygens (including phenoxy) is 13. The lowest BCUT2D eigenvalue weighted by molar-refractivity contribution is -0.385. The van der Waals surface area contributed by atoms with Gasteiger partial charge >= 0.3 is 29.8 Å². The molecule has 0 unspecified atom stereocenters. The second-order valence-electron chi connectivity index (χ2n) is 15.6. The molecule has 4 fully saturated rings. The average Bonchev–Trinajstić information content (AvgIpc) is 3.27. The number of carbonyl (C=O) groups is 6. The minimum Gasteiger partial charge on any atom is -0.463 e. The molecule has 4 aliphatic heterocycles. The van der Waals surface area contributed by atoms with Crippen LogP contribution in [0.2, 0.25) is 0 Å². The molecule has 16 atom stereocenters. The molecule has 0 spiro atoms. The van der Waals surface area contributed by atoms with Gasteiger partial charge in [-0.3, -0.25) is 24.0 Å². The summed E-state index contributed by atoms with van der Waals surface area (Å²) in [7, 11) is 1.27. The Kier molecular flexibility index (Phi) is 17.0. The van der Waals surface area contributed by atoms with Crippen molar-refractivity contribution in [3.05, 3.63) is 82.2 Å². The summed E-state index contributed by atoms with van der Waals surface area (Å²) in [4.78, 5) is 79.5. The molecule has 0 saturated carbocycles. The van der Waals surface area contributed by atoms with Crippen molar-refractivity contribution in [3.8, 4) is 0 Å². The molecule has 23 nitrogen and oxygen atoms in total. The summed E-state index contributed by atoms with van der Waals surface area (Å²) in [5.74, 6) is -4.61. The van der Waals surface area contributed by atoms with Gasteiger partial charge in [0.25, 0.3) is 0 Å². The SMILES string of the molecule is CO[C@@H]1O[C@@H](C)[C@H](OC(=O)c2ccccc2)[C@@H](O[C@@H]2O[C@@H]3CO[C@@H](c4ccccc4)O[C@H]3[C@H](OC(C)=O)[C@H]2NC(C)=O)[C@H]1O[C@H]1O[C@H](COC(C)=O)[C@H](OC(C)=O)[C@H](OC(C)=O)[C@H]1N=[N+]=[N-]. The fraction of sp³-hybridized carbons (Fsp3) is 0.581. The highest BCUT2D eigenvalue weighted by Gasteiger charge is 2.58. The predicted molar refractivity (Wildman–Crippen MR) is 218 cm³/mol. The number of esters is 5. The zero-order valence-electron chi connectivity index (χ0n) is 37.0. The van der Waals surface area contributed by atoms with Gasteiger partial charge in [-0.15, -0.1) is 0 Å². The summed E-state index contributed by atoms with van der Waals surface area (Å²) in [6.45, 7) is 6.55. The molecule has 0 aliphatic carbocycles. The second-order valence-corrected chi connectivity index (χ2v) is 15.6. The monoisotopic (exact) mass is 928 g/mol. The summed E-state index contributed by atoms with van der Waals surface area (Å²) in [5.41, 5.74) is 10.6. The number of methoxy groups -OCH3 is 1. The van der Waals surface area contributed by atoms with Crippen molar-refractivity contribution in [1.29, 1.82) is 0 Å². The summed E-state index contributed by atoms with van der Waals surface area (Å²) in [5, 5.41) is 6.59. The van der Waals surface area contributed by atoms with Crippen LogP contribution >= 0.6 is 0 Å². The third-order valence-electron chi connectivity index (χ3n) is 10.7. The third kappa shape index (κ3) is 12.2. The van der Waals surface area contributed by atoms with Crippen LogP contribution in [-0.4, -0.2) is 148 Å². The predicted octanol–water partition coefficient (Wildman–Crippen LogP) is 2.48. The number of carbonyl (C=O) groups excluding carboxylic acids is 6. The minimum atomic E-state index is -1.78. The lowest BCUT2D eigenvalue weighted by Gasteiger charge is -2.52. The highest BCUT2D eigenvalue weighted by molar-refractivity contribution is 5.89. The van der Waals surface area contributed by atoms with Gasteiger partial charge in [-0.1, -0.05) is 53.6 Å². The van der Waals surface area contributed by atoms with E-state index in [1.54, 1.807) is 49.4 Å². The largest absolute Gasteiger partial charge is 0.463 e. The molecule has 0 radical (unpaired) electrons. The van der Waals surface area contributed by atoms with Gasteiger partial charge < -0.3 is 66.9 Å². The van der Waals surface area contributed by atoms with Gasteiger partial charge in [0.15, 0.2) is 49.6 Å². The fourth-order valence-electron chi connectivity index (χ4n) is 8.07. The Morgan fingerprint density at radius 3 is 1.92 bits per heavy atom. The van der Waals surface area contributed by atoms with Gasteiger partial charge in [-0.05, 0) is 24.6 Å².